The summed E-state index contributed by atoms with van der Waals surface area (Å²) in [5.74, 6) is 0. The molecular formula is C26H24OP+. The lowest BCUT2D eigenvalue weighted by Crippen LogP contribution is -2.36. The normalized spacial score (nSPS) is 12.5. The lowest BCUT2D eigenvalue weighted by molar-refractivity contribution is 0.294. The predicted octanol–water partition coefficient (Wildman–Crippen LogP) is 4.71. The first-order valence-corrected chi connectivity index (χ1v) is 11.4. The van der Waals surface area contributed by atoms with Gasteiger partial charge in [-0.15, -0.1) is 0 Å². The minimum atomic E-state index is -2.14. The monoisotopic (exact) mass is 383 g/mol. The minimum Gasteiger partial charge on any atom is -0.392 e. The second-order valence-electron chi connectivity index (χ2n) is 6.84. The SMILES string of the molecule is OC[C@@H](c1ccccc1)[P+](c1ccccc1)(c1ccccc1)c1ccccc1. The smallest absolute Gasteiger partial charge is 0.132 e. The molecule has 0 heterocycles. The summed E-state index contributed by atoms with van der Waals surface area (Å²) in [4.78, 5) is 0. The third kappa shape index (κ3) is 3.29. The molecule has 1 atom stereocenters. The zero-order chi connectivity index (χ0) is 19.2. The van der Waals surface area contributed by atoms with Crippen LogP contribution in [0.1, 0.15) is 11.2 Å². The fourth-order valence-electron chi connectivity index (χ4n) is 4.10. The van der Waals surface area contributed by atoms with Crippen molar-refractivity contribution in [3.8, 4) is 0 Å². The summed E-state index contributed by atoms with van der Waals surface area (Å²) in [7, 11) is -2.14. The highest BCUT2D eigenvalue weighted by atomic mass is 31.2. The largest absolute Gasteiger partial charge is 0.392 e. The quantitative estimate of drug-likeness (QED) is 0.478. The van der Waals surface area contributed by atoms with Gasteiger partial charge in [-0.1, -0.05) is 84.9 Å². The van der Waals surface area contributed by atoms with E-state index in [0.717, 1.165) is 0 Å². The van der Waals surface area contributed by atoms with Crippen LogP contribution < -0.4 is 15.9 Å². The van der Waals surface area contributed by atoms with Gasteiger partial charge in [-0.3, -0.25) is 0 Å². The average Bonchev–Trinajstić information content (AvgIpc) is 2.80. The summed E-state index contributed by atoms with van der Waals surface area (Å²) < 4.78 is 0. The Morgan fingerprint density at radius 1 is 0.500 bits per heavy atom. The van der Waals surface area contributed by atoms with Crippen molar-refractivity contribution in [3.63, 3.8) is 0 Å². The second-order valence-corrected chi connectivity index (χ2v) is 10.5. The highest BCUT2D eigenvalue weighted by Gasteiger charge is 2.52. The molecule has 0 radical (unpaired) electrons. The summed E-state index contributed by atoms with van der Waals surface area (Å²) >= 11 is 0. The van der Waals surface area contributed by atoms with Crippen LogP contribution in [0.4, 0.5) is 0 Å². The summed E-state index contributed by atoms with van der Waals surface area (Å²) in [5, 5.41) is 14.6. The molecule has 0 saturated carbocycles. The summed E-state index contributed by atoms with van der Waals surface area (Å²) in [6, 6.07) is 42.6. The van der Waals surface area contributed by atoms with Gasteiger partial charge in [0.1, 0.15) is 28.8 Å². The molecule has 0 aromatic heterocycles. The molecule has 0 aliphatic rings. The topological polar surface area (TPSA) is 20.2 Å². The van der Waals surface area contributed by atoms with Crippen molar-refractivity contribution in [3.05, 3.63) is 127 Å². The second kappa shape index (κ2) is 8.52. The van der Waals surface area contributed by atoms with Crippen LogP contribution in [-0.2, 0) is 0 Å². The van der Waals surface area contributed by atoms with Crippen LogP contribution in [0.2, 0.25) is 0 Å². The van der Waals surface area contributed by atoms with Crippen molar-refractivity contribution in [1.29, 1.82) is 0 Å². The predicted molar refractivity (Wildman–Crippen MR) is 121 cm³/mol. The van der Waals surface area contributed by atoms with Gasteiger partial charge in [-0.25, -0.2) is 0 Å². The molecule has 0 saturated heterocycles. The van der Waals surface area contributed by atoms with E-state index in [2.05, 4.69) is 115 Å². The lowest BCUT2D eigenvalue weighted by Gasteiger charge is -2.34. The van der Waals surface area contributed by atoms with E-state index in [-0.39, 0.29) is 12.3 Å². The van der Waals surface area contributed by atoms with E-state index in [4.69, 9.17) is 0 Å². The van der Waals surface area contributed by atoms with E-state index in [1.54, 1.807) is 0 Å². The first kappa shape index (κ1) is 18.6. The van der Waals surface area contributed by atoms with Crippen LogP contribution in [0.15, 0.2) is 121 Å². The zero-order valence-corrected chi connectivity index (χ0v) is 16.6. The van der Waals surface area contributed by atoms with Gasteiger partial charge in [0.15, 0.2) is 0 Å². The average molecular weight is 383 g/mol. The number of hydrogen-bond acceptors (Lipinski definition) is 1. The number of aliphatic hydroxyl groups is 1. The van der Waals surface area contributed by atoms with Crippen molar-refractivity contribution in [2.24, 2.45) is 0 Å². The van der Waals surface area contributed by atoms with Gasteiger partial charge < -0.3 is 5.11 Å². The molecule has 0 spiro atoms. The van der Waals surface area contributed by atoms with Crippen molar-refractivity contribution in [2.75, 3.05) is 6.61 Å². The molecule has 1 N–H and O–H groups in total. The van der Waals surface area contributed by atoms with Crippen LogP contribution >= 0.6 is 7.26 Å². The Labute approximate surface area is 167 Å². The van der Waals surface area contributed by atoms with Crippen molar-refractivity contribution in [1.82, 2.24) is 0 Å². The molecule has 0 unspecified atom stereocenters. The third-order valence-corrected chi connectivity index (χ3v) is 10.0. The first-order valence-electron chi connectivity index (χ1n) is 9.58. The number of benzene rings is 4. The first-order chi connectivity index (χ1) is 13.9. The highest BCUT2D eigenvalue weighted by Crippen LogP contribution is 2.66. The highest BCUT2D eigenvalue weighted by molar-refractivity contribution is 7.96. The van der Waals surface area contributed by atoms with E-state index in [9.17, 15) is 5.11 Å². The van der Waals surface area contributed by atoms with E-state index in [1.807, 2.05) is 6.07 Å². The van der Waals surface area contributed by atoms with Crippen LogP contribution in [-0.4, -0.2) is 11.7 Å². The van der Waals surface area contributed by atoms with Gasteiger partial charge in [-0.2, -0.15) is 0 Å². The Morgan fingerprint density at radius 3 is 1.14 bits per heavy atom. The minimum absolute atomic E-state index is 0.0131. The summed E-state index contributed by atoms with van der Waals surface area (Å²) in [6.07, 6.45) is 0. The molecule has 28 heavy (non-hydrogen) atoms. The molecule has 2 heteroatoms. The number of rotatable bonds is 6. The Hall–Kier alpha value is -2.73. The summed E-state index contributed by atoms with van der Waals surface area (Å²) in [5.41, 5.74) is 1.16. The van der Waals surface area contributed by atoms with Crippen molar-refractivity contribution < 1.29 is 5.11 Å². The maximum absolute atomic E-state index is 10.7. The van der Waals surface area contributed by atoms with Crippen molar-refractivity contribution >= 4 is 23.2 Å². The molecule has 4 aromatic carbocycles. The van der Waals surface area contributed by atoms with Crippen LogP contribution in [0.25, 0.3) is 0 Å². The van der Waals surface area contributed by atoms with Gasteiger partial charge in [0.05, 0.1) is 6.61 Å². The lowest BCUT2D eigenvalue weighted by atomic mass is 10.1. The Morgan fingerprint density at radius 2 is 0.821 bits per heavy atom. The molecule has 138 valence electrons. The van der Waals surface area contributed by atoms with Gasteiger partial charge in [0.2, 0.25) is 0 Å². The molecule has 0 aliphatic carbocycles. The molecule has 0 amide bonds. The number of aliphatic hydroxyl groups excluding tert-OH is 1. The number of hydrogen-bond donors (Lipinski definition) is 1. The maximum atomic E-state index is 10.7. The van der Waals surface area contributed by atoms with E-state index in [0.29, 0.717) is 0 Å². The molecule has 0 bridgehead atoms. The fraction of sp³-hybridized carbons (Fsp3) is 0.0769. The third-order valence-electron chi connectivity index (χ3n) is 5.32. The Kier molecular flexibility index (Phi) is 5.67. The molecule has 0 fully saturated rings. The van der Waals surface area contributed by atoms with Crippen LogP contribution in [0.3, 0.4) is 0 Å². The van der Waals surface area contributed by atoms with E-state index >= 15 is 0 Å². The Bertz CT molecular complexity index is 889. The zero-order valence-electron chi connectivity index (χ0n) is 15.7. The van der Waals surface area contributed by atoms with Gasteiger partial charge >= 0.3 is 0 Å². The Balaban J connectivity index is 2.10. The molecule has 1 nitrogen and oxygen atoms in total. The van der Waals surface area contributed by atoms with Gasteiger partial charge in [0, 0.05) is 0 Å². The van der Waals surface area contributed by atoms with Gasteiger partial charge in [0.25, 0.3) is 0 Å². The van der Waals surface area contributed by atoms with E-state index in [1.165, 1.54) is 21.5 Å². The van der Waals surface area contributed by atoms with Crippen LogP contribution in [0.5, 0.6) is 0 Å². The standard InChI is InChI=1S/C26H24OP/c27-21-26(22-13-5-1-6-14-22)28(23-15-7-2-8-16-23,24-17-9-3-10-18-24)25-19-11-4-12-20-25/h1-20,26-27H,21H2/q+1/t26-/m0/s1. The van der Waals surface area contributed by atoms with Crippen molar-refractivity contribution in [2.45, 2.75) is 5.66 Å². The summed E-state index contributed by atoms with van der Waals surface area (Å²) in [6.45, 7) is 0.0937. The molecule has 4 rings (SSSR count). The molecular weight excluding hydrogens is 359 g/mol. The van der Waals surface area contributed by atoms with E-state index < -0.39 is 7.26 Å². The maximum Gasteiger partial charge on any atom is 0.132 e. The molecule has 0 aliphatic heterocycles. The fourth-order valence-corrected chi connectivity index (χ4v) is 8.87. The van der Waals surface area contributed by atoms with Crippen LogP contribution in [0, 0.1) is 0 Å². The molecule has 4 aromatic rings. The van der Waals surface area contributed by atoms with Gasteiger partial charge in [-0.05, 0) is 42.0 Å².